The van der Waals surface area contributed by atoms with Crippen LogP contribution in [0.3, 0.4) is 0 Å². The molecule has 2 atom stereocenters. The highest BCUT2D eigenvalue weighted by Crippen LogP contribution is 2.47. The van der Waals surface area contributed by atoms with Crippen LogP contribution in [0.2, 0.25) is 0 Å². The second kappa shape index (κ2) is 6.48. The standard InChI is InChI=1S/C8H14F6N2O2S/c1-4-5(17-2)16(15)7(19-3,6(9,10)11)18-8(12,13)14/h5H,4,15H2,1-3H3. The molecule has 0 rings (SSSR count). The Morgan fingerprint density at radius 3 is 1.89 bits per heavy atom. The Labute approximate surface area is 110 Å². The zero-order chi connectivity index (χ0) is 15.5. The Balaban J connectivity index is 5.60. The zero-order valence-electron chi connectivity index (χ0n) is 10.3. The van der Waals surface area contributed by atoms with Gasteiger partial charge in [-0.1, -0.05) is 6.92 Å². The van der Waals surface area contributed by atoms with Crippen LogP contribution in [0.4, 0.5) is 26.3 Å². The van der Waals surface area contributed by atoms with Crippen molar-refractivity contribution >= 4 is 11.8 Å². The molecule has 0 spiro atoms. The maximum atomic E-state index is 13.0. The van der Waals surface area contributed by atoms with Crippen molar-refractivity contribution in [2.24, 2.45) is 5.84 Å². The van der Waals surface area contributed by atoms with Crippen molar-refractivity contribution in [3.8, 4) is 0 Å². The second-order valence-corrected chi connectivity index (χ2v) is 4.30. The summed E-state index contributed by atoms with van der Waals surface area (Å²) in [6, 6.07) is 0. The first-order valence-electron chi connectivity index (χ1n) is 4.90. The summed E-state index contributed by atoms with van der Waals surface area (Å²) in [7, 11) is 1.03. The summed E-state index contributed by atoms with van der Waals surface area (Å²) in [5.41, 5.74) is 0. The minimum atomic E-state index is -5.51. The Morgan fingerprint density at radius 2 is 1.68 bits per heavy atom. The van der Waals surface area contributed by atoms with Crippen LogP contribution >= 0.6 is 11.8 Å². The van der Waals surface area contributed by atoms with Gasteiger partial charge in [-0.15, -0.1) is 24.9 Å². The molecule has 0 aromatic heterocycles. The van der Waals surface area contributed by atoms with E-state index in [2.05, 4.69) is 9.47 Å². The van der Waals surface area contributed by atoms with E-state index < -0.39 is 23.8 Å². The van der Waals surface area contributed by atoms with Crippen molar-refractivity contribution in [1.29, 1.82) is 0 Å². The number of hydrogen-bond acceptors (Lipinski definition) is 5. The molecule has 2 N–H and O–H groups in total. The third-order valence-electron chi connectivity index (χ3n) is 2.16. The van der Waals surface area contributed by atoms with E-state index >= 15 is 0 Å². The van der Waals surface area contributed by atoms with Gasteiger partial charge in [0.25, 0.3) is 5.06 Å². The van der Waals surface area contributed by atoms with Gasteiger partial charge in [0.2, 0.25) is 0 Å². The summed E-state index contributed by atoms with van der Waals surface area (Å²) < 4.78 is 83.5. The first-order valence-corrected chi connectivity index (χ1v) is 6.13. The number of nitrogens with two attached hydrogens (primary N) is 1. The van der Waals surface area contributed by atoms with E-state index in [-0.39, 0.29) is 23.2 Å². The fourth-order valence-electron chi connectivity index (χ4n) is 1.34. The number of ether oxygens (including phenoxy) is 2. The van der Waals surface area contributed by atoms with Crippen molar-refractivity contribution in [2.45, 2.75) is 37.2 Å². The third kappa shape index (κ3) is 4.38. The minimum absolute atomic E-state index is 0.0629. The lowest BCUT2D eigenvalue weighted by Crippen LogP contribution is -2.66. The molecular formula is C8H14F6N2O2S. The Morgan fingerprint density at radius 1 is 1.21 bits per heavy atom. The highest BCUT2D eigenvalue weighted by Gasteiger charge is 2.65. The van der Waals surface area contributed by atoms with Crippen molar-refractivity contribution in [3.05, 3.63) is 0 Å². The molecule has 116 valence electrons. The van der Waals surface area contributed by atoms with Gasteiger partial charge in [-0.3, -0.25) is 5.84 Å². The number of rotatable bonds is 6. The van der Waals surface area contributed by atoms with E-state index in [9.17, 15) is 26.3 Å². The molecule has 0 bridgehead atoms. The first-order chi connectivity index (χ1) is 8.45. The van der Waals surface area contributed by atoms with Gasteiger partial charge >= 0.3 is 12.5 Å². The minimum Gasteiger partial charge on any atom is -0.365 e. The number of nitrogens with zero attached hydrogens (tertiary/aromatic N) is 1. The van der Waals surface area contributed by atoms with E-state index in [1.165, 1.54) is 6.92 Å². The molecule has 4 nitrogen and oxygen atoms in total. The SMILES string of the molecule is CCC(OC)N(N)C(OC(F)(F)F)(SC)C(F)(F)F. The monoisotopic (exact) mass is 316 g/mol. The average molecular weight is 316 g/mol. The molecule has 0 amide bonds. The summed E-state index contributed by atoms with van der Waals surface area (Å²) in [6.07, 6.45) is -11.5. The van der Waals surface area contributed by atoms with Crippen LogP contribution in [-0.2, 0) is 9.47 Å². The number of hydrogen-bond donors (Lipinski definition) is 1. The Bertz CT molecular complexity index is 283. The first kappa shape index (κ1) is 18.8. The maximum Gasteiger partial charge on any atom is 0.525 e. The normalized spacial score (nSPS) is 18.5. The Kier molecular flexibility index (Phi) is 6.40. The maximum absolute atomic E-state index is 13.0. The van der Waals surface area contributed by atoms with Crippen LogP contribution in [0.15, 0.2) is 0 Å². The predicted octanol–water partition coefficient (Wildman–Crippen LogP) is 2.66. The smallest absolute Gasteiger partial charge is 0.365 e. The van der Waals surface area contributed by atoms with E-state index in [0.717, 1.165) is 13.4 Å². The number of methoxy groups -OCH3 is 1. The lowest BCUT2D eigenvalue weighted by Gasteiger charge is -2.43. The highest BCUT2D eigenvalue weighted by atomic mass is 32.2. The van der Waals surface area contributed by atoms with Crippen LogP contribution in [0.1, 0.15) is 13.3 Å². The van der Waals surface area contributed by atoms with Crippen molar-refractivity contribution < 1.29 is 35.8 Å². The van der Waals surface area contributed by atoms with Gasteiger partial charge < -0.3 is 4.74 Å². The fourth-order valence-corrected chi connectivity index (χ4v) is 2.08. The summed E-state index contributed by atoms with van der Waals surface area (Å²) in [5.74, 6) is 5.16. The van der Waals surface area contributed by atoms with Crippen LogP contribution in [0.5, 0.6) is 0 Å². The number of thioether (sulfide) groups is 1. The molecule has 0 aromatic rings. The number of hydrazine groups is 1. The molecule has 0 aliphatic rings. The lowest BCUT2D eigenvalue weighted by molar-refractivity contribution is -0.425. The van der Waals surface area contributed by atoms with E-state index in [0.29, 0.717) is 0 Å². The van der Waals surface area contributed by atoms with Gasteiger partial charge in [-0.25, -0.2) is 4.74 Å². The molecule has 0 aliphatic carbocycles. The molecule has 11 heteroatoms. The van der Waals surface area contributed by atoms with Gasteiger partial charge in [0.05, 0.1) is 0 Å². The third-order valence-corrected chi connectivity index (χ3v) is 3.24. The Hall–Kier alpha value is -0.230. The summed E-state index contributed by atoms with van der Waals surface area (Å²) in [6.45, 7) is 1.41. The molecular weight excluding hydrogens is 302 g/mol. The summed E-state index contributed by atoms with van der Waals surface area (Å²) in [5, 5.41) is -3.90. The van der Waals surface area contributed by atoms with E-state index in [4.69, 9.17) is 5.84 Å². The van der Waals surface area contributed by atoms with Gasteiger partial charge in [0.1, 0.15) is 6.23 Å². The van der Waals surface area contributed by atoms with Crippen LogP contribution in [-0.4, -0.2) is 42.2 Å². The number of halogens is 6. The topological polar surface area (TPSA) is 47.7 Å². The highest BCUT2D eigenvalue weighted by molar-refractivity contribution is 7.99. The van der Waals surface area contributed by atoms with Crippen molar-refractivity contribution in [1.82, 2.24) is 5.01 Å². The predicted molar refractivity (Wildman–Crippen MR) is 56.6 cm³/mol. The molecule has 2 unspecified atom stereocenters. The van der Waals surface area contributed by atoms with Gasteiger partial charge in [-0.2, -0.15) is 18.2 Å². The van der Waals surface area contributed by atoms with Crippen LogP contribution in [0, 0.1) is 0 Å². The molecule has 0 aliphatic heterocycles. The van der Waals surface area contributed by atoms with E-state index in [1.807, 2.05) is 0 Å². The van der Waals surface area contributed by atoms with E-state index in [1.54, 1.807) is 0 Å². The molecule has 0 saturated carbocycles. The zero-order valence-corrected chi connectivity index (χ0v) is 11.1. The number of alkyl halides is 6. The summed E-state index contributed by atoms with van der Waals surface area (Å²) >= 11 is -0.228. The van der Waals surface area contributed by atoms with Crippen molar-refractivity contribution in [2.75, 3.05) is 13.4 Å². The lowest BCUT2D eigenvalue weighted by atomic mass is 10.3. The average Bonchev–Trinajstić information content (AvgIpc) is 2.24. The molecule has 0 fully saturated rings. The van der Waals surface area contributed by atoms with Gasteiger partial charge in [0, 0.05) is 7.11 Å². The summed E-state index contributed by atoms with van der Waals surface area (Å²) in [4.78, 5) is 0. The van der Waals surface area contributed by atoms with Crippen molar-refractivity contribution in [3.63, 3.8) is 0 Å². The molecule has 0 radical (unpaired) electrons. The molecule has 0 aromatic carbocycles. The second-order valence-electron chi connectivity index (χ2n) is 3.34. The van der Waals surface area contributed by atoms with Crippen LogP contribution < -0.4 is 5.84 Å². The molecule has 0 heterocycles. The quantitative estimate of drug-likeness (QED) is 0.353. The fraction of sp³-hybridized carbons (Fsp3) is 1.00. The van der Waals surface area contributed by atoms with Gasteiger partial charge in [0.15, 0.2) is 0 Å². The molecule has 0 saturated heterocycles. The van der Waals surface area contributed by atoms with Crippen LogP contribution in [0.25, 0.3) is 0 Å². The van der Waals surface area contributed by atoms with Gasteiger partial charge in [-0.05, 0) is 12.7 Å². The largest absolute Gasteiger partial charge is 0.525 e. The molecule has 19 heavy (non-hydrogen) atoms.